The Balaban J connectivity index is 2.06. The summed E-state index contributed by atoms with van der Waals surface area (Å²) in [5.41, 5.74) is 1.34. The van der Waals surface area contributed by atoms with E-state index >= 15 is 0 Å². The van der Waals surface area contributed by atoms with Crippen LogP contribution in [0.25, 0.3) is 0 Å². The van der Waals surface area contributed by atoms with E-state index in [1.165, 1.54) is 6.07 Å². The zero-order valence-corrected chi connectivity index (χ0v) is 13.2. The van der Waals surface area contributed by atoms with Crippen LogP contribution < -0.4 is 16.0 Å². The first-order valence-electron chi connectivity index (χ1n) is 6.50. The van der Waals surface area contributed by atoms with Gasteiger partial charge in [-0.3, -0.25) is 4.79 Å². The highest BCUT2D eigenvalue weighted by Gasteiger charge is 2.12. The maximum absolute atomic E-state index is 12.1. The standard InChI is InChI=1S/C14H14Cl2N4O2/c1-2-17-14(22)19-9-5-3-4-8(6-9)18-13(21)11-7-10(15)12(16)20-11/h3-7,20H,2H2,1H3,(H,18,21)(H2,17,19,22). The number of amides is 3. The molecule has 6 nitrogen and oxygen atoms in total. The molecule has 0 bridgehead atoms. The van der Waals surface area contributed by atoms with Gasteiger partial charge in [0.25, 0.3) is 5.91 Å². The van der Waals surface area contributed by atoms with Gasteiger partial charge in [-0.25, -0.2) is 4.79 Å². The largest absolute Gasteiger partial charge is 0.340 e. The lowest BCUT2D eigenvalue weighted by Crippen LogP contribution is -2.28. The van der Waals surface area contributed by atoms with E-state index in [0.717, 1.165) is 0 Å². The first-order chi connectivity index (χ1) is 10.5. The van der Waals surface area contributed by atoms with Gasteiger partial charge in [0.15, 0.2) is 0 Å². The number of aromatic nitrogens is 1. The zero-order chi connectivity index (χ0) is 16.1. The highest BCUT2D eigenvalue weighted by Crippen LogP contribution is 2.23. The Morgan fingerprint density at radius 2 is 1.82 bits per heavy atom. The molecule has 22 heavy (non-hydrogen) atoms. The summed E-state index contributed by atoms with van der Waals surface area (Å²) in [6.45, 7) is 2.35. The van der Waals surface area contributed by atoms with Gasteiger partial charge in [-0.15, -0.1) is 0 Å². The molecule has 0 saturated heterocycles. The zero-order valence-electron chi connectivity index (χ0n) is 11.7. The SMILES string of the molecule is CCNC(=O)Nc1cccc(NC(=O)c2cc(Cl)c(Cl)[nH]2)c1. The van der Waals surface area contributed by atoms with Crippen LogP contribution in [0.15, 0.2) is 30.3 Å². The number of halogens is 2. The van der Waals surface area contributed by atoms with Gasteiger partial charge in [-0.1, -0.05) is 29.3 Å². The number of aromatic amines is 1. The summed E-state index contributed by atoms with van der Waals surface area (Å²) in [6.07, 6.45) is 0. The van der Waals surface area contributed by atoms with Crippen LogP contribution in [0, 0.1) is 0 Å². The molecule has 1 aromatic heterocycles. The predicted octanol–water partition coefficient (Wildman–Crippen LogP) is 3.72. The first kappa shape index (κ1) is 16.2. The van der Waals surface area contributed by atoms with E-state index in [1.807, 2.05) is 6.92 Å². The normalized spacial score (nSPS) is 10.1. The summed E-state index contributed by atoms with van der Waals surface area (Å²) in [7, 11) is 0. The third-order valence-corrected chi connectivity index (χ3v) is 3.38. The number of benzene rings is 1. The molecule has 0 radical (unpaired) electrons. The lowest BCUT2D eigenvalue weighted by Gasteiger charge is -2.08. The van der Waals surface area contributed by atoms with E-state index in [2.05, 4.69) is 20.9 Å². The molecule has 2 aromatic rings. The molecule has 0 aliphatic rings. The molecule has 1 aromatic carbocycles. The number of anilines is 2. The third kappa shape index (κ3) is 4.16. The number of urea groups is 1. The third-order valence-electron chi connectivity index (χ3n) is 2.69. The molecule has 0 fully saturated rings. The van der Waals surface area contributed by atoms with Crippen molar-refractivity contribution in [3.05, 3.63) is 46.2 Å². The minimum absolute atomic E-state index is 0.207. The Morgan fingerprint density at radius 1 is 1.14 bits per heavy atom. The van der Waals surface area contributed by atoms with Crippen molar-refractivity contribution in [1.29, 1.82) is 0 Å². The summed E-state index contributed by atoms with van der Waals surface area (Å²) in [6, 6.07) is 7.90. The van der Waals surface area contributed by atoms with Gasteiger partial charge in [-0.05, 0) is 31.2 Å². The average Bonchev–Trinajstić information content (AvgIpc) is 2.79. The van der Waals surface area contributed by atoms with Crippen LogP contribution in [0.5, 0.6) is 0 Å². The number of nitrogens with one attached hydrogen (secondary N) is 4. The molecule has 0 saturated carbocycles. The summed E-state index contributed by atoms with van der Waals surface area (Å²) >= 11 is 11.6. The number of hydrogen-bond acceptors (Lipinski definition) is 2. The maximum Gasteiger partial charge on any atom is 0.319 e. The minimum atomic E-state index is -0.385. The second-order valence-corrected chi connectivity index (χ2v) is 5.15. The molecule has 4 N–H and O–H groups in total. The molecule has 0 atom stereocenters. The Kier molecular flexibility index (Phi) is 5.30. The number of hydrogen-bond donors (Lipinski definition) is 4. The number of carbonyl (C=O) groups excluding carboxylic acids is 2. The lowest BCUT2D eigenvalue weighted by atomic mass is 10.2. The monoisotopic (exact) mass is 340 g/mol. The minimum Gasteiger partial charge on any atom is -0.340 e. The molecule has 116 valence electrons. The molecule has 0 unspecified atom stereocenters. The van der Waals surface area contributed by atoms with Crippen molar-refractivity contribution < 1.29 is 9.59 Å². The molecule has 2 rings (SSSR count). The smallest absolute Gasteiger partial charge is 0.319 e. The van der Waals surface area contributed by atoms with Crippen molar-refractivity contribution >= 4 is 46.5 Å². The van der Waals surface area contributed by atoms with Crippen LogP contribution in [0.3, 0.4) is 0 Å². The van der Waals surface area contributed by atoms with Gasteiger partial charge in [-0.2, -0.15) is 0 Å². The molecule has 1 heterocycles. The van der Waals surface area contributed by atoms with Crippen molar-refractivity contribution in [2.75, 3.05) is 17.2 Å². The van der Waals surface area contributed by atoms with Crippen LogP contribution in [0.1, 0.15) is 17.4 Å². The fraction of sp³-hybridized carbons (Fsp3) is 0.143. The van der Waals surface area contributed by atoms with Gasteiger partial charge in [0.1, 0.15) is 10.8 Å². The average molecular weight is 341 g/mol. The van der Waals surface area contributed by atoms with Gasteiger partial charge in [0.05, 0.1) is 5.02 Å². The van der Waals surface area contributed by atoms with Crippen LogP contribution in [0.2, 0.25) is 10.2 Å². The van der Waals surface area contributed by atoms with Gasteiger partial charge in [0.2, 0.25) is 0 Å². The topological polar surface area (TPSA) is 86.0 Å². The van der Waals surface area contributed by atoms with Crippen LogP contribution in [-0.4, -0.2) is 23.5 Å². The van der Waals surface area contributed by atoms with Crippen LogP contribution >= 0.6 is 23.2 Å². The number of H-pyrrole nitrogens is 1. The molecule has 0 aliphatic heterocycles. The number of carbonyl (C=O) groups is 2. The first-order valence-corrected chi connectivity index (χ1v) is 7.25. The van der Waals surface area contributed by atoms with Gasteiger partial charge < -0.3 is 20.9 Å². The van der Waals surface area contributed by atoms with Crippen molar-refractivity contribution in [3.63, 3.8) is 0 Å². The maximum atomic E-state index is 12.1. The molecule has 0 spiro atoms. The van der Waals surface area contributed by atoms with Crippen LogP contribution in [0.4, 0.5) is 16.2 Å². The Morgan fingerprint density at radius 3 is 2.41 bits per heavy atom. The Hall–Kier alpha value is -2.18. The molecule has 0 aliphatic carbocycles. The van der Waals surface area contributed by atoms with Crippen molar-refractivity contribution in [2.24, 2.45) is 0 Å². The van der Waals surface area contributed by atoms with Gasteiger partial charge >= 0.3 is 6.03 Å². The fourth-order valence-electron chi connectivity index (χ4n) is 1.74. The highest BCUT2D eigenvalue weighted by atomic mass is 35.5. The predicted molar refractivity (Wildman–Crippen MR) is 87.9 cm³/mol. The molecule has 3 amide bonds. The summed E-state index contributed by atoms with van der Waals surface area (Å²) < 4.78 is 0. The van der Waals surface area contributed by atoms with E-state index in [0.29, 0.717) is 17.9 Å². The van der Waals surface area contributed by atoms with E-state index in [9.17, 15) is 9.59 Å². The van der Waals surface area contributed by atoms with E-state index in [1.54, 1.807) is 24.3 Å². The van der Waals surface area contributed by atoms with Gasteiger partial charge in [0, 0.05) is 17.9 Å². The fourth-order valence-corrected chi connectivity index (χ4v) is 2.05. The van der Waals surface area contributed by atoms with Crippen molar-refractivity contribution in [3.8, 4) is 0 Å². The Labute approximate surface area is 137 Å². The summed E-state index contributed by atoms with van der Waals surface area (Å²) in [5, 5.41) is 8.44. The summed E-state index contributed by atoms with van der Waals surface area (Å²) in [4.78, 5) is 26.2. The Bertz CT molecular complexity index is 680. The molecule has 8 heteroatoms. The van der Waals surface area contributed by atoms with Crippen molar-refractivity contribution in [2.45, 2.75) is 6.92 Å². The van der Waals surface area contributed by atoms with Crippen molar-refractivity contribution in [1.82, 2.24) is 10.3 Å². The van der Waals surface area contributed by atoms with Crippen LogP contribution in [-0.2, 0) is 0 Å². The second kappa shape index (κ2) is 7.20. The van der Waals surface area contributed by atoms with E-state index in [4.69, 9.17) is 23.2 Å². The number of rotatable bonds is 4. The highest BCUT2D eigenvalue weighted by molar-refractivity contribution is 6.41. The summed E-state index contributed by atoms with van der Waals surface area (Å²) in [5.74, 6) is -0.385. The quantitative estimate of drug-likeness (QED) is 0.683. The molecular weight excluding hydrogens is 327 g/mol. The molecular formula is C14H14Cl2N4O2. The lowest BCUT2D eigenvalue weighted by molar-refractivity contribution is 0.102. The van der Waals surface area contributed by atoms with E-state index in [-0.39, 0.29) is 27.8 Å². The second-order valence-electron chi connectivity index (χ2n) is 4.36. The van der Waals surface area contributed by atoms with E-state index < -0.39 is 0 Å².